The molecule has 0 spiro atoms. The monoisotopic (exact) mass is 343 g/mol. The summed E-state index contributed by atoms with van der Waals surface area (Å²) in [7, 11) is 1.52. The minimum atomic E-state index is -2.67. The molecule has 0 aromatic heterocycles. The highest BCUT2D eigenvalue weighted by Crippen LogP contribution is 2.20. The Hall–Kier alpha value is -1.79. The van der Waals surface area contributed by atoms with Gasteiger partial charge in [0.25, 0.3) is 0 Å². The predicted octanol–water partition coefficient (Wildman–Crippen LogP) is 2.57. The second-order valence-corrected chi connectivity index (χ2v) is 6.33. The first-order valence-corrected chi connectivity index (χ1v) is 7.67. The third-order valence-corrected chi connectivity index (χ3v) is 3.23. The van der Waals surface area contributed by atoms with Crippen LogP contribution >= 0.6 is 0 Å². The summed E-state index contributed by atoms with van der Waals surface area (Å²) in [5.41, 5.74) is -0.176. The number of carbonyl (C=O) groups excluding carboxylic acids is 1. The zero-order valence-corrected chi connectivity index (χ0v) is 14.6. The molecule has 2 N–H and O–H groups in total. The van der Waals surface area contributed by atoms with Crippen molar-refractivity contribution in [2.24, 2.45) is 0 Å². The van der Waals surface area contributed by atoms with Crippen molar-refractivity contribution in [3.8, 4) is 5.75 Å². The number of ether oxygens (including phenoxy) is 2. The number of amides is 1. The van der Waals surface area contributed by atoms with E-state index in [2.05, 4.69) is 0 Å². The normalized spacial score (nSPS) is 15.1. The fourth-order valence-corrected chi connectivity index (χ4v) is 2.09. The van der Waals surface area contributed by atoms with Crippen molar-refractivity contribution in [2.75, 3.05) is 20.2 Å². The Bertz CT molecular complexity index is 619. The van der Waals surface area contributed by atoms with Crippen LogP contribution in [0.3, 0.4) is 0 Å². The van der Waals surface area contributed by atoms with Crippen LogP contribution in [0.25, 0.3) is 0 Å². The second kappa shape index (κ2) is 9.49. The highest BCUT2D eigenvalue weighted by atomic mass is 16.6. The average molecular weight is 343 g/mol. The van der Waals surface area contributed by atoms with Gasteiger partial charge in [-0.2, -0.15) is 0 Å². The number of benzene rings is 1. The zero-order valence-electron chi connectivity index (χ0n) is 18.6. The molecule has 0 aliphatic rings. The van der Waals surface area contributed by atoms with E-state index in [0.717, 1.165) is 4.90 Å². The summed E-state index contributed by atoms with van der Waals surface area (Å²) in [5, 5.41) is 19.2. The number of rotatable bonds is 8. The molecule has 0 saturated heterocycles. The highest BCUT2D eigenvalue weighted by molar-refractivity contribution is 5.68. The van der Waals surface area contributed by atoms with Crippen LogP contribution in [0.2, 0.25) is 0 Å². The summed E-state index contributed by atoms with van der Waals surface area (Å²) in [5.74, 6) is 0.613. The number of nitrogens with zero attached hydrogens (tertiary/aromatic N) is 1. The van der Waals surface area contributed by atoms with Crippen LogP contribution in [0.5, 0.6) is 5.75 Å². The molecule has 136 valence electrons. The molecule has 0 unspecified atom stereocenters. The Morgan fingerprint density at radius 3 is 2.17 bits per heavy atom. The van der Waals surface area contributed by atoms with Gasteiger partial charge in [0.15, 0.2) is 0 Å². The Labute approximate surface area is 149 Å². The van der Waals surface area contributed by atoms with Gasteiger partial charge in [-0.15, -0.1) is 0 Å². The van der Waals surface area contributed by atoms with E-state index in [1.807, 2.05) is 0 Å². The molecule has 0 radical (unpaired) electrons. The third-order valence-electron chi connectivity index (χ3n) is 3.23. The van der Waals surface area contributed by atoms with Crippen LogP contribution in [0.15, 0.2) is 24.3 Å². The van der Waals surface area contributed by atoms with Crippen molar-refractivity contribution in [1.82, 2.24) is 4.90 Å². The molecule has 0 aliphatic carbocycles. The van der Waals surface area contributed by atoms with Gasteiger partial charge in [-0.3, -0.25) is 0 Å². The second-order valence-electron chi connectivity index (χ2n) is 6.33. The first kappa shape index (κ1) is 14.5. The van der Waals surface area contributed by atoms with Gasteiger partial charge in [0.05, 0.1) is 12.6 Å². The van der Waals surface area contributed by atoms with E-state index in [1.54, 1.807) is 45.0 Å². The van der Waals surface area contributed by atoms with E-state index in [0.29, 0.717) is 11.3 Å². The molecule has 6 nitrogen and oxygen atoms in total. The van der Waals surface area contributed by atoms with E-state index in [4.69, 9.17) is 15.0 Å². The van der Waals surface area contributed by atoms with Gasteiger partial charge < -0.3 is 24.6 Å². The Kier molecular flexibility index (Phi) is 5.75. The Morgan fingerprint density at radius 2 is 1.75 bits per heavy atom. The lowest BCUT2D eigenvalue weighted by Crippen LogP contribution is -2.43. The molecule has 0 fully saturated rings. The van der Waals surface area contributed by atoms with Crippen LogP contribution in [-0.2, 0) is 11.3 Å². The van der Waals surface area contributed by atoms with Crippen molar-refractivity contribution >= 4 is 6.09 Å². The minimum Gasteiger partial charge on any atom is -0.497 e. The summed E-state index contributed by atoms with van der Waals surface area (Å²) in [6, 6.07) is 5.63. The van der Waals surface area contributed by atoms with Crippen LogP contribution in [-0.4, -0.2) is 53.1 Å². The number of carbonyl (C=O) groups is 1. The SMILES string of the molecule is [2H]C([2H])(O)CC(CC([2H])([2H])O)N(Cc1ccc(OC)cc1)C(=O)OC(C)(C)C. The number of hydrogen-bond donors (Lipinski definition) is 2. The van der Waals surface area contributed by atoms with Crippen LogP contribution < -0.4 is 4.74 Å². The molecule has 6 heteroatoms. The average Bonchev–Trinajstić information content (AvgIpc) is 2.48. The van der Waals surface area contributed by atoms with Gasteiger partial charge in [0, 0.05) is 25.7 Å². The summed E-state index contributed by atoms with van der Waals surface area (Å²) in [4.78, 5) is 13.9. The van der Waals surface area contributed by atoms with Gasteiger partial charge in [-0.1, -0.05) is 12.1 Å². The Balaban J connectivity index is 3.23. The first-order chi connectivity index (χ1) is 12.6. The van der Waals surface area contributed by atoms with Gasteiger partial charge in [-0.05, 0) is 51.3 Å². The zero-order chi connectivity index (χ0) is 21.8. The number of hydrogen-bond acceptors (Lipinski definition) is 5. The molecular weight excluding hydrogens is 310 g/mol. The van der Waals surface area contributed by atoms with E-state index >= 15 is 0 Å². The van der Waals surface area contributed by atoms with Crippen molar-refractivity contribution < 1.29 is 30.0 Å². The summed E-state index contributed by atoms with van der Waals surface area (Å²) < 4.78 is 40.2. The van der Waals surface area contributed by atoms with E-state index in [-0.39, 0.29) is 6.54 Å². The minimum absolute atomic E-state index is 0.0320. The van der Waals surface area contributed by atoms with Gasteiger partial charge in [0.1, 0.15) is 11.4 Å². The summed E-state index contributed by atoms with van der Waals surface area (Å²) in [6.07, 6.45) is -1.99. The molecule has 0 aliphatic heterocycles. The smallest absolute Gasteiger partial charge is 0.410 e. The van der Waals surface area contributed by atoms with Crippen LogP contribution in [0, 0.1) is 0 Å². The molecule has 0 heterocycles. The predicted molar refractivity (Wildman–Crippen MR) is 92.0 cm³/mol. The maximum atomic E-state index is 12.8. The van der Waals surface area contributed by atoms with Crippen LogP contribution in [0.4, 0.5) is 4.79 Å². The molecule has 0 bridgehead atoms. The number of aliphatic hydroxyl groups is 2. The first-order valence-electron chi connectivity index (χ1n) is 9.67. The molecule has 0 saturated carbocycles. The maximum absolute atomic E-state index is 12.8. The molecule has 1 aromatic carbocycles. The molecule has 1 aromatic rings. The van der Waals surface area contributed by atoms with Crippen molar-refractivity contribution in [3.05, 3.63) is 29.8 Å². The lowest BCUT2D eigenvalue weighted by Gasteiger charge is -2.33. The van der Waals surface area contributed by atoms with Gasteiger partial charge in [0.2, 0.25) is 0 Å². The molecule has 0 atom stereocenters. The van der Waals surface area contributed by atoms with Gasteiger partial charge in [-0.25, -0.2) is 4.79 Å². The third kappa shape index (κ3) is 6.76. The lowest BCUT2D eigenvalue weighted by molar-refractivity contribution is 0.00868. The van der Waals surface area contributed by atoms with E-state index in [1.165, 1.54) is 7.11 Å². The molecular formula is C18H29NO5. The number of methoxy groups -OCH3 is 1. The highest BCUT2D eigenvalue weighted by Gasteiger charge is 2.28. The summed E-state index contributed by atoms with van der Waals surface area (Å²) in [6.45, 7) is -0.367. The largest absolute Gasteiger partial charge is 0.497 e. The molecule has 24 heavy (non-hydrogen) atoms. The van der Waals surface area contributed by atoms with Gasteiger partial charge >= 0.3 is 6.09 Å². The fraction of sp³-hybridized carbons (Fsp3) is 0.611. The van der Waals surface area contributed by atoms with Crippen molar-refractivity contribution in [3.63, 3.8) is 0 Å². The van der Waals surface area contributed by atoms with Crippen LogP contribution in [0.1, 0.15) is 44.7 Å². The maximum Gasteiger partial charge on any atom is 0.410 e. The quantitative estimate of drug-likeness (QED) is 0.758. The van der Waals surface area contributed by atoms with E-state index in [9.17, 15) is 15.0 Å². The Morgan fingerprint density at radius 1 is 1.21 bits per heavy atom. The summed E-state index contributed by atoms with van der Waals surface area (Å²) >= 11 is 0. The lowest BCUT2D eigenvalue weighted by atomic mass is 10.1. The van der Waals surface area contributed by atoms with Crippen molar-refractivity contribution in [2.45, 2.75) is 51.8 Å². The van der Waals surface area contributed by atoms with E-state index < -0.39 is 43.7 Å². The standard InChI is InChI=1S/C18H29NO5/c1-18(2,3)24-17(22)19(15(9-11-20)10-12-21)13-14-5-7-16(23-4)8-6-14/h5-8,15,20-21H,9-13H2,1-4H3/i11D2,12D2. The topological polar surface area (TPSA) is 79.2 Å². The van der Waals surface area contributed by atoms with Crippen molar-refractivity contribution in [1.29, 1.82) is 0 Å². The molecule has 1 rings (SSSR count). The fourth-order valence-electron chi connectivity index (χ4n) is 2.09. The molecule has 1 amide bonds.